The number of nitrogens with two attached hydrogens (primary N) is 1. The first-order valence-electron chi connectivity index (χ1n) is 6.74. The van der Waals surface area contributed by atoms with Crippen molar-refractivity contribution in [3.05, 3.63) is 22.0 Å². The Hall–Kier alpha value is -1.05. The van der Waals surface area contributed by atoms with E-state index in [1.165, 1.54) is 11.3 Å². The summed E-state index contributed by atoms with van der Waals surface area (Å²) in [6, 6.07) is 3.59. The second-order valence-electron chi connectivity index (χ2n) is 5.17. The molecule has 1 aliphatic rings. The lowest BCUT2D eigenvalue weighted by Gasteiger charge is -2.10. The van der Waals surface area contributed by atoms with Crippen LogP contribution in [0.2, 0.25) is 4.34 Å². The molecule has 0 amide bonds. The molecule has 3 heterocycles. The van der Waals surface area contributed by atoms with E-state index >= 15 is 0 Å². The van der Waals surface area contributed by atoms with Crippen molar-refractivity contribution in [1.29, 1.82) is 0 Å². The molecule has 1 saturated heterocycles. The number of nitrogens with zero attached hydrogens (tertiary/aromatic N) is 2. The Bertz CT molecular complexity index is 779. The predicted molar refractivity (Wildman–Crippen MR) is 86.6 cm³/mol. The maximum Gasteiger partial charge on any atom is 0.152 e. The fraction of sp³-hybridized carbons (Fsp3) is 0.462. The highest BCUT2D eigenvalue weighted by Gasteiger charge is 2.32. The molecule has 2 aromatic heterocycles. The molecular formula is C13H16ClN3O2S2. The van der Waals surface area contributed by atoms with Gasteiger partial charge in [-0.3, -0.25) is 0 Å². The standard InChI is InChI=1S/C13H16ClN3O2S2/c1-2-9-12(10-3-4-11(14)20-10)16-17(13(9)15)8-5-6-21(18,19)7-8/h3-4,8H,2,5-7,15H2,1H3. The van der Waals surface area contributed by atoms with E-state index in [1.54, 1.807) is 4.68 Å². The highest BCUT2D eigenvalue weighted by Crippen LogP contribution is 2.37. The van der Waals surface area contributed by atoms with E-state index in [2.05, 4.69) is 5.10 Å². The van der Waals surface area contributed by atoms with Gasteiger partial charge in [-0.15, -0.1) is 11.3 Å². The van der Waals surface area contributed by atoms with Gasteiger partial charge in [0.25, 0.3) is 0 Å². The van der Waals surface area contributed by atoms with Crippen molar-refractivity contribution in [3.8, 4) is 10.6 Å². The Kier molecular flexibility index (Phi) is 3.75. The molecule has 0 saturated carbocycles. The van der Waals surface area contributed by atoms with Crippen LogP contribution in [0.4, 0.5) is 5.82 Å². The zero-order valence-corrected chi connectivity index (χ0v) is 13.9. The summed E-state index contributed by atoms with van der Waals surface area (Å²) in [4.78, 5) is 0.961. The summed E-state index contributed by atoms with van der Waals surface area (Å²) in [5.41, 5.74) is 7.98. The first-order valence-corrected chi connectivity index (χ1v) is 9.76. The van der Waals surface area contributed by atoms with Crippen molar-refractivity contribution in [2.24, 2.45) is 0 Å². The number of hydrogen-bond donors (Lipinski definition) is 1. The lowest BCUT2D eigenvalue weighted by Crippen LogP contribution is -2.15. The number of nitrogen functional groups attached to an aromatic ring is 1. The van der Waals surface area contributed by atoms with Gasteiger partial charge in [-0.1, -0.05) is 18.5 Å². The number of halogens is 1. The van der Waals surface area contributed by atoms with Crippen LogP contribution >= 0.6 is 22.9 Å². The Balaban J connectivity index is 2.06. The van der Waals surface area contributed by atoms with Crippen LogP contribution in [0.15, 0.2) is 12.1 Å². The quantitative estimate of drug-likeness (QED) is 0.927. The van der Waals surface area contributed by atoms with Crippen molar-refractivity contribution in [3.63, 3.8) is 0 Å². The molecule has 5 nitrogen and oxygen atoms in total. The van der Waals surface area contributed by atoms with Gasteiger partial charge in [0.1, 0.15) is 11.5 Å². The molecule has 21 heavy (non-hydrogen) atoms. The van der Waals surface area contributed by atoms with Crippen molar-refractivity contribution >= 4 is 38.6 Å². The van der Waals surface area contributed by atoms with Gasteiger partial charge < -0.3 is 5.73 Å². The van der Waals surface area contributed by atoms with Gasteiger partial charge in [0.2, 0.25) is 0 Å². The second-order valence-corrected chi connectivity index (χ2v) is 9.11. The first kappa shape index (κ1) is 14.9. The smallest absolute Gasteiger partial charge is 0.152 e. The third kappa shape index (κ3) is 2.69. The maximum absolute atomic E-state index is 11.7. The van der Waals surface area contributed by atoms with Crippen molar-refractivity contribution in [2.45, 2.75) is 25.8 Å². The normalized spacial score (nSPS) is 21.0. The van der Waals surface area contributed by atoms with Crippen LogP contribution in [0, 0.1) is 0 Å². The SMILES string of the molecule is CCc1c(-c2ccc(Cl)s2)nn(C2CCS(=O)(=O)C2)c1N. The van der Waals surface area contributed by atoms with Crippen LogP contribution in [-0.2, 0) is 16.3 Å². The fourth-order valence-corrected chi connectivity index (χ4v) is 5.46. The number of aromatic nitrogens is 2. The Morgan fingerprint density at radius 1 is 1.52 bits per heavy atom. The van der Waals surface area contributed by atoms with E-state index in [-0.39, 0.29) is 17.5 Å². The predicted octanol–water partition coefficient (Wildman–Crippen LogP) is 2.77. The Labute approximate surface area is 132 Å². The monoisotopic (exact) mass is 345 g/mol. The minimum Gasteiger partial charge on any atom is -0.384 e. The van der Waals surface area contributed by atoms with Crippen LogP contribution in [0.1, 0.15) is 24.9 Å². The third-order valence-electron chi connectivity index (χ3n) is 3.76. The van der Waals surface area contributed by atoms with E-state index < -0.39 is 9.84 Å². The molecule has 3 rings (SSSR count). The largest absolute Gasteiger partial charge is 0.384 e. The van der Waals surface area contributed by atoms with Gasteiger partial charge in [0, 0.05) is 5.56 Å². The molecular weight excluding hydrogens is 330 g/mol. The first-order chi connectivity index (χ1) is 9.91. The number of hydrogen-bond acceptors (Lipinski definition) is 5. The summed E-state index contributed by atoms with van der Waals surface area (Å²) in [6.07, 6.45) is 1.32. The highest BCUT2D eigenvalue weighted by atomic mass is 35.5. The zero-order chi connectivity index (χ0) is 15.2. The average Bonchev–Trinajstić information content (AvgIpc) is 3.07. The minimum absolute atomic E-state index is 0.118. The fourth-order valence-electron chi connectivity index (χ4n) is 2.72. The van der Waals surface area contributed by atoms with Gasteiger partial charge in [0.05, 0.1) is 26.8 Å². The topological polar surface area (TPSA) is 78.0 Å². The highest BCUT2D eigenvalue weighted by molar-refractivity contribution is 7.91. The van der Waals surface area contributed by atoms with E-state index in [0.717, 1.165) is 22.6 Å². The lowest BCUT2D eigenvalue weighted by atomic mass is 10.1. The number of thiophene rings is 1. The molecule has 8 heteroatoms. The lowest BCUT2D eigenvalue weighted by molar-refractivity contribution is 0.508. The molecule has 0 bridgehead atoms. The molecule has 1 atom stereocenters. The second kappa shape index (κ2) is 5.30. The molecule has 114 valence electrons. The van der Waals surface area contributed by atoms with Crippen LogP contribution in [0.3, 0.4) is 0 Å². The van der Waals surface area contributed by atoms with E-state index in [4.69, 9.17) is 17.3 Å². The third-order valence-corrected chi connectivity index (χ3v) is 6.75. The molecule has 2 N–H and O–H groups in total. The molecule has 0 aromatic carbocycles. The maximum atomic E-state index is 11.7. The zero-order valence-electron chi connectivity index (χ0n) is 11.5. The number of rotatable bonds is 3. The molecule has 1 fully saturated rings. The molecule has 1 unspecified atom stereocenters. The summed E-state index contributed by atoms with van der Waals surface area (Å²) in [7, 11) is -2.97. The minimum atomic E-state index is -2.97. The van der Waals surface area contributed by atoms with Crippen molar-refractivity contribution < 1.29 is 8.42 Å². The van der Waals surface area contributed by atoms with Crippen molar-refractivity contribution in [1.82, 2.24) is 9.78 Å². The molecule has 0 radical (unpaired) electrons. The Morgan fingerprint density at radius 2 is 2.29 bits per heavy atom. The summed E-state index contributed by atoms with van der Waals surface area (Å²) in [5.74, 6) is 0.893. The van der Waals surface area contributed by atoms with Gasteiger partial charge in [-0.25, -0.2) is 13.1 Å². The van der Waals surface area contributed by atoms with Crippen LogP contribution in [-0.4, -0.2) is 29.7 Å². The van der Waals surface area contributed by atoms with Crippen LogP contribution < -0.4 is 5.73 Å². The van der Waals surface area contributed by atoms with E-state index in [1.807, 2.05) is 19.1 Å². The van der Waals surface area contributed by atoms with Gasteiger partial charge in [-0.2, -0.15) is 5.10 Å². The molecule has 0 aliphatic carbocycles. The molecule has 1 aliphatic heterocycles. The summed E-state index contributed by atoms with van der Waals surface area (Å²) < 4.78 is 25.7. The Morgan fingerprint density at radius 3 is 2.81 bits per heavy atom. The average molecular weight is 346 g/mol. The van der Waals surface area contributed by atoms with E-state index in [0.29, 0.717) is 16.6 Å². The summed E-state index contributed by atoms with van der Waals surface area (Å²) in [6.45, 7) is 2.02. The van der Waals surface area contributed by atoms with E-state index in [9.17, 15) is 8.42 Å². The number of anilines is 1. The number of sulfone groups is 1. The summed E-state index contributed by atoms with van der Waals surface area (Å²) in [5, 5.41) is 4.59. The van der Waals surface area contributed by atoms with Crippen LogP contribution in [0.5, 0.6) is 0 Å². The van der Waals surface area contributed by atoms with Gasteiger partial charge in [0.15, 0.2) is 9.84 Å². The molecule has 2 aromatic rings. The summed E-state index contributed by atoms with van der Waals surface area (Å²) >= 11 is 7.44. The van der Waals surface area contributed by atoms with Crippen molar-refractivity contribution in [2.75, 3.05) is 17.2 Å². The van der Waals surface area contributed by atoms with Crippen LogP contribution in [0.25, 0.3) is 10.6 Å². The molecule has 0 spiro atoms. The van der Waals surface area contributed by atoms with Gasteiger partial charge in [-0.05, 0) is 25.0 Å². The van der Waals surface area contributed by atoms with Gasteiger partial charge >= 0.3 is 0 Å².